The van der Waals surface area contributed by atoms with E-state index in [9.17, 15) is 9.59 Å². The fourth-order valence-corrected chi connectivity index (χ4v) is 4.26. The number of benzene rings is 2. The van der Waals surface area contributed by atoms with E-state index in [4.69, 9.17) is 0 Å². The SMILES string of the molecule is CN(C)CCn1cc(C(=O)c2ccc3ccccc3c2)cc1C(=O)CN1CCCCC1. The van der Waals surface area contributed by atoms with E-state index < -0.39 is 0 Å². The number of likely N-dealkylation sites (N-methyl/N-ethyl adjacent to an activating group) is 1. The molecule has 0 atom stereocenters. The van der Waals surface area contributed by atoms with E-state index in [1.54, 1.807) is 6.07 Å². The Morgan fingerprint density at radius 2 is 1.65 bits per heavy atom. The molecule has 0 aliphatic carbocycles. The van der Waals surface area contributed by atoms with Crippen molar-refractivity contribution in [1.82, 2.24) is 14.4 Å². The molecule has 4 rings (SSSR count). The smallest absolute Gasteiger partial charge is 0.194 e. The van der Waals surface area contributed by atoms with Gasteiger partial charge in [-0.2, -0.15) is 0 Å². The van der Waals surface area contributed by atoms with E-state index in [0.717, 1.165) is 43.2 Å². The summed E-state index contributed by atoms with van der Waals surface area (Å²) in [7, 11) is 4.03. The molecule has 2 aromatic carbocycles. The van der Waals surface area contributed by atoms with Gasteiger partial charge in [-0.15, -0.1) is 0 Å². The van der Waals surface area contributed by atoms with Crippen molar-refractivity contribution in [2.24, 2.45) is 0 Å². The minimum absolute atomic E-state index is 0.0404. The van der Waals surface area contributed by atoms with Crippen LogP contribution >= 0.6 is 0 Å². The first-order valence-electron chi connectivity index (χ1n) is 11.2. The lowest BCUT2D eigenvalue weighted by Gasteiger charge is -2.25. The molecular formula is C26H31N3O2. The zero-order valence-electron chi connectivity index (χ0n) is 18.5. The van der Waals surface area contributed by atoms with Gasteiger partial charge in [0, 0.05) is 30.4 Å². The number of hydrogen-bond donors (Lipinski definition) is 0. The Bertz CT molecular complexity index is 1080. The summed E-state index contributed by atoms with van der Waals surface area (Å²) in [5.74, 6) is 0.0552. The Kier molecular flexibility index (Phi) is 6.64. The van der Waals surface area contributed by atoms with Crippen molar-refractivity contribution in [2.45, 2.75) is 25.8 Å². The predicted octanol–water partition coefficient (Wildman–Crippen LogP) is 4.10. The molecule has 0 N–H and O–H groups in total. The summed E-state index contributed by atoms with van der Waals surface area (Å²) in [4.78, 5) is 30.7. The number of rotatable bonds is 8. The number of likely N-dealkylation sites (tertiary alicyclic amines) is 1. The van der Waals surface area contributed by atoms with Crippen molar-refractivity contribution in [1.29, 1.82) is 0 Å². The van der Waals surface area contributed by atoms with E-state index in [1.165, 1.54) is 6.42 Å². The second kappa shape index (κ2) is 9.58. The standard InChI is InChI=1S/C26H31N3O2/c1-27(2)14-15-29-18-23(17-24(29)25(30)19-28-12-6-3-7-13-28)26(31)22-11-10-20-8-4-5-9-21(20)16-22/h4-5,8-11,16-18H,3,6-7,12-15,19H2,1-2H3. The molecule has 1 fully saturated rings. The molecule has 31 heavy (non-hydrogen) atoms. The third-order valence-corrected chi connectivity index (χ3v) is 6.06. The normalized spacial score (nSPS) is 14.9. The van der Waals surface area contributed by atoms with Crippen LogP contribution in [0, 0.1) is 0 Å². The van der Waals surface area contributed by atoms with E-state index in [0.29, 0.717) is 29.9 Å². The van der Waals surface area contributed by atoms with Crippen LogP contribution in [-0.4, -0.2) is 66.2 Å². The Balaban J connectivity index is 1.60. The first-order valence-corrected chi connectivity index (χ1v) is 11.2. The molecule has 0 bridgehead atoms. The van der Waals surface area contributed by atoms with E-state index >= 15 is 0 Å². The Morgan fingerprint density at radius 1 is 0.903 bits per heavy atom. The molecule has 0 unspecified atom stereocenters. The van der Waals surface area contributed by atoms with Crippen LogP contribution in [0.4, 0.5) is 0 Å². The maximum Gasteiger partial charge on any atom is 0.194 e. The highest BCUT2D eigenvalue weighted by Gasteiger charge is 2.21. The monoisotopic (exact) mass is 417 g/mol. The zero-order chi connectivity index (χ0) is 21.8. The lowest BCUT2D eigenvalue weighted by molar-refractivity contribution is 0.0905. The van der Waals surface area contributed by atoms with Crippen LogP contribution in [-0.2, 0) is 6.54 Å². The second-order valence-corrected chi connectivity index (χ2v) is 8.76. The molecule has 2 heterocycles. The number of Topliss-reactive ketones (excluding diaryl/α,β-unsaturated/α-hetero) is 1. The van der Waals surface area contributed by atoms with E-state index in [1.807, 2.05) is 67.3 Å². The first-order chi connectivity index (χ1) is 15.0. The van der Waals surface area contributed by atoms with Gasteiger partial charge in [0.1, 0.15) is 0 Å². The molecule has 5 nitrogen and oxygen atoms in total. The number of nitrogens with zero attached hydrogens (tertiary/aromatic N) is 3. The van der Waals surface area contributed by atoms with Gasteiger partial charge in [0.15, 0.2) is 11.6 Å². The quantitative estimate of drug-likeness (QED) is 0.518. The molecule has 1 saturated heterocycles. The van der Waals surface area contributed by atoms with Gasteiger partial charge in [0.2, 0.25) is 0 Å². The number of ketones is 2. The summed E-state index contributed by atoms with van der Waals surface area (Å²) in [6.45, 7) is 3.87. The summed E-state index contributed by atoms with van der Waals surface area (Å²) >= 11 is 0. The average Bonchev–Trinajstić information content (AvgIpc) is 3.22. The molecule has 0 amide bonds. The van der Waals surface area contributed by atoms with E-state index in [-0.39, 0.29) is 11.6 Å². The van der Waals surface area contributed by atoms with Crippen LogP contribution in [0.2, 0.25) is 0 Å². The van der Waals surface area contributed by atoms with Gasteiger partial charge in [-0.1, -0.05) is 42.8 Å². The van der Waals surface area contributed by atoms with Crippen LogP contribution in [0.3, 0.4) is 0 Å². The Labute approximate surface area is 184 Å². The van der Waals surface area contributed by atoms with Crippen molar-refractivity contribution in [3.8, 4) is 0 Å². The summed E-state index contributed by atoms with van der Waals surface area (Å²) in [6, 6.07) is 15.6. The molecule has 162 valence electrons. The zero-order valence-corrected chi connectivity index (χ0v) is 18.5. The highest BCUT2D eigenvalue weighted by Crippen LogP contribution is 2.20. The topological polar surface area (TPSA) is 45.6 Å². The maximum atomic E-state index is 13.3. The van der Waals surface area contributed by atoms with Gasteiger partial charge in [-0.25, -0.2) is 0 Å². The lowest BCUT2D eigenvalue weighted by atomic mass is 10.0. The summed E-state index contributed by atoms with van der Waals surface area (Å²) < 4.78 is 1.96. The van der Waals surface area contributed by atoms with Gasteiger partial charge in [-0.05, 0) is 62.9 Å². The third kappa shape index (κ3) is 5.12. The van der Waals surface area contributed by atoms with Gasteiger partial charge in [-0.3, -0.25) is 14.5 Å². The minimum atomic E-state index is -0.0404. The third-order valence-electron chi connectivity index (χ3n) is 6.06. The van der Waals surface area contributed by atoms with Crippen LogP contribution < -0.4 is 0 Å². The number of piperidine rings is 1. The van der Waals surface area contributed by atoms with Crippen LogP contribution in [0.15, 0.2) is 54.7 Å². The molecule has 3 aromatic rings. The minimum Gasteiger partial charge on any atom is -0.343 e. The average molecular weight is 418 g/mol. The first kappa shape index (κ1) is 21.5. The molecule has 1 aliphatic heterocycles. The molecule has 0 saturated carbocycles. The van der Waals surface area contributed by atoms with Crippen molar-refractivity contribution in [3.63, 3.8) is 0 Å². The van der Waals surface area contributed by atoms with Gasteiger partial charge >= 0.3 is 0 Å². The maximum absolute atomic E-state index is 13.3. The van der Waals surface area contributed by atoms with E-state index in [2.05, 4.69) is 9.80 Å². The summed E-state index contributed by atoms with van der Waals surface area (Å²) in [5, 5.41) is 2.15. The van der Waals surface area contributed by atoms with Gasteiger partial charge in [0.05, 0.1) is 12.2 Å². The van der Waals surface area contributed by atoms with Crippen molar-refractivity contribution in [3.05, 3.63) is 71.5 Å². The molecule has 0 spiro atoms. The Hall–Kier alpha value is -2.76. The Morgan fingerprint density at radius 3 is 2.39 bits per heavy atom. The van der Waals surface area contributed by atoms with Gasteiger partial charge < -0.3 is 9.47 Å². The molecular weight excluding hydrogens is 386 g/mol. The van der Waals surface area contributed by atoms with Crippen LogP contribution in [0.25, 0.3) is 10.8 Å². The van der Waals surface area contributed by atoms with Crippen LogP contribution in [0.1, 0.15) is 45.7 Å². The predicted molar refractivity (Wildman–Crippen MR) is 125 cm³/mol. The molecule has 1 aliphatic rings. The summed E-state index contributed by atoms with van der Waals surface area (Å²) in [6.07, 6.45) is 5.40. The fourth-order valence-electron chi connectivity index (χ4n) is 4.26. The number of hydrogen-bond acceptors (Lipinski definition) is 4. The van der Waals surface area contributed by atoms with Crippen molar-refractivity contribution in [2.75, 3.05) is 40.3 Å². The number of aromatic nitrogens is 1. The number of carbonyl (C=O) groups excluding carboxylic acids is 2. The highest BCUT2D eigenvalue weighted by molar-refractivity contribution is 6.12. The van der Waals surface area contributed by atoms with Crippen molar-refractivity contribution < 1.29 is 9.59 Å². The number of carbonyl (C=O) groups is 2. The van der Waals surface area contributed by atoms with Gasteiger partial charge in [0.25, 0.3) is 0 Å². The van der Waals surface area contributed by atoms with Crippen molar-refractivity contribution >= 4 is 22.3 Å². The second-order valence-electron chi connectivity index (χ2n) is 8.76. The molecule has 0 radical (unpaired) electrons. The lowest BCUT2D eigenvalue weighted by Crippen LogP contribution is -2.35. The molecule has 1 aromatic heterocycles. The number of fused-ring (bicyclic) bond motifs is 1. The molecule has 5 heteroatoms. The summed E-state index contributed by atoms with van der Waals surface area (Å²) in [5.41, 5.74) is 1.87. The largest absolute Gasteiger partial charge is 0.343 e. The van der Waals surface area contributed by atoms with Crippen LogP contribution in [0.5, 0.6) is 0 Å². The highest BCUT2D eigenvalue weighted by atomic mass is 16.1. The fraction of sp³-hybridized carbons (Fsp3) is 0.385.